The first kappa shape index (κ1) is 15.5. The van der Waals surface area contributed by atoms with Crippen molar-refractivity contribution in [3.8, 4) is 0 Å². The Balaban J connectivity index is 2.58. The van der Waals surface area contributed by atoms with Crippen molar-refractivity contribution in [3.63, 3.8) is 0 Å². The van der Waals surface area contributed by atoms with Crippen molar-refractivity contribution in [3.05, 3.63) is 65.0 Å². The fourth-order valence-electron chi connectivity index (χ4n) is 2.38. The molecule has 3 nitrogen and oxygen atoms in total. The van der Waals surface area contributed by atoms with Gasteiger partial charge in [-0.1, -0.05) is 31.2 Å². The summed E-state index contributed by atoms with van der Waals surface area (Å²) >= 11 is 0. The number of halogens is 3. The molecule has 1 atom stereocenters. The highest BCUT2D eigenvalue weighted by molar-refractivity contribution is 5.40. The van der Waals surface area contributed by atoms with Gasteiger partial charge in [-0.05, 0) is 23.6 Å². The molecule has 0 saturated carbocycles. The third-order valence-electron chi connectivity index (χ3n) is 3.38. The topological polar surface area (TPSA) is 50.9 Å². The van der Waals surface area contributed by atoms with E-state index in [0.717, 1.165) is 23.4 Å². The number of nitrogens with one attached hydrogen (secondary N) is 1. The molecule has 1 aromatic heterocycles. The number of alkyl halides is 3. The van der Waals surface area contributed by atoms with Gasteiger partial charge in [0.15, 0.2) is 0 Å². The Kier molecular flexibility index (Phi) is 4.59. The van der Waals surface area contributed by atoms with Crippen molar-refractivity contribution in [2.45, 2.75) is 25.6 Å². The summed E-state index contributed by atoms with van der Waals surface area (Å²) in [5.41, 5.74) is 3.44. The Labute approximate surface area is 121 Å². The molecule has 0 spiro atoms. The maximum absolute atomic E-state index is 13.1. The van der Waals surface area contributed by atoms with Gasteiger partial charge in [-0.25, -0.2) is 5.43 Å². The molecule has 2 aromatic rings. The van der Waals surface area contributed by atoms with Crippen LogP contribution in [0.2, 0.25) is 0 Å². The van der Waals surface area contributed by atoms with Crippen LogP contribution < -0.4 is 11.3 Å². The molecule has 6 heteroatoms. The summed E-state index contributed by atoms with van der Waals surface area (Å²) in [4.78, 5) is 3.81. The van der Waals surface area contributed by atoms with Gasteiger partial charge in [0.2, 0.25) is 0 Å². The van der Waals surface area contributed by atoms with Crippen molar-refractivity contribution in [1.82, 2.24) is 10.4 Å². The van der Waals surface area contributed by atoms with Gasteiger partial charge < -0.3 is 0 Å². The maximum Gasteiger partial charge on any atom is 0.416 e. The van der Waals surface area contributed by atoms with Crippen LogP contribution in [0.1, 0.15) is 35.2 Å². The Hall–Kier alpha value is -1.92. The first-order chi connectivity index (χ1) is 9.99. The summed E-state index contributed by atoms with van der Waals surface area (Å²) in [6.45, 7) is 1.94. The van der Waals surface area contributed by atoms with Gasteiger partial charge in [0.1, 0.15) is 0 Å². The molecular formula is C15H16F3N3. The van der Waals surface area contributed by atoms with Crippen LogP contribution in [0, 0.1) is 0 Å². The predicted molar refractivity (Wildman–Crippen MR) is 74.2 cm³/mol. The van der Waals surface area contributed by atoms with Gasteiger partial charge in [0.05, 0.1) is 11.6 Å². The van der Waals surface area contributed by atoms with E-state index in [1.165, 1.54) is 6.20 Å². The van der Waals surface area contributed by atoms with Gasteiger partial charge in [-0.15, -0.1) is 0 Å². The van der Waals surface area contributed by atoms with E-state index < -0.39 is 17.8 Å². The summed E-state index contributed by atoms with van der Waals surface area (Å²) in [6.07, 6.45) is -1.41. The molecule has 0 bridgehead atoms. The monoisotopic (exact) mass is 295 g/mol. The minimum Gasteiger partial charge on any atom is -0.271 e. The molecule has 21 heavy (non-hydrogen) atoms. The highest BCUT2D eigenvalue weighted by Crippen LogP contribution is 2.36. The van der Waals surface area contributed by atoms with Crippen molar-refractivity contribution in [1.29, 1.82) is 0 Å². The number of aryl methyl sites for hydroxylation is 1. The minimum absolute atomic E-state index is 0.0217. The lowest BCUT2D eigenvalue weighted by molar-refractivity contribution is -0.138. The normalized spacial score (nSPS) is 13.2. The van der Waals surface area contributed by atoms with Crippen molar-refractivity contribution in [2.75, 3.05) is 0 Å². The Morgan fingerprint density at radius 3 is 2.52 bits per heavy atom. The summed E-state index contributed by atoms with van der Waals surface area (Å²) < 4.78 is 39.4. The number of hydrogen-bond acceptors (Lipinski definition) is 3. The Morgan fingerprint density at radius 1 is 1.19 bits per heavy atom. The molecule has 2 rings (SSSR count). The molecule has 0 saturated heterocycles. The number of rotatable bonds is 4. The molecule has 0 amide bonds. The quantitative estimate of drug-likeness (QED) is 0.672. The van der Waals surface area contributed by atoms with Crippen molar-refractivity contribution < 1.29 is 13.2 Å². The molecule has 1 heterocycles. The molecule has 3 N–H and O–H groups in total. The van der Waals surface area contributed by atoms with Gasteiger partial charge in [0.25, 0.3) is 0 Å². The highest BCUT2D eigenvalue weighted by Gasteiger charge is 2.35. The zero-order valence-corrected chi connectivity index (χ0v) is 11.5. The van der Waals surface area contributed by atoms with Crippen molar-refractivity contribution >= 4 is 0 Å². The standard InChI is InChI=1S/C15H16F3N3/c1-2-10-5-3-4-6-11(10)14(21-19)12-9-20-8-7-13(12)15(16,17)18/h3-9,14,21H,2,19H2,1H3. The number of nitrogens with zero attached hydrogens (tertiary/aromatic N) is 1. The summed E-state index contributed by atoms with van der Waals surface area (Å²) in [5.74, 6) is 5.53. The highest BCUT2D eigenvalue weighted by atomic mass is 19.4. The molecule has 0 aliphatic carbocycles. The number of nitrogens with two attached hydrogens (primary N) is 1. The van der Waals surface area contributed by atoms with Gasteiger partial charge in [-0.2, -0.15) is 13.2 Å². The summed E-state index contributed by atoms with van der Waals surface area (Å²) in [5, 5.41) is 0. The van der Waals surface area contributed by atoms with E-state index in [2.05, 4.69) is 10.4 Å². The molecule has 0 aliphatic rings. The molecular weight excluding hydrogens is 279 g/mol. The fraction of sp³-hybridized carbons (Fsp3) is 0.267. The van der Waals surface area contributed by atoms with Crippen LogP contribution in [0.15, 0.2) is 42.7 Å². The maximum atomic E-state index is 13.1. The molecule has 0 radical (unpaired) electrons. The van der Waals surface area contributed by atoms with E-state index >= 15 is 0 Å². The average Bonchev–Trinajstić information content (AvgIpc) is 2.48. The van der Waals surface area contributed by atoms with Gasteiger partial charge in [0, 0.05) is 18.0 Å². The third-order valence-corrected chi connectivity index (χ3v) is 3.38. The Bertz CT molecular complexity index is 611. The molecule has 1 aromatic carbocycles. The van der Waals surface area contributed by atoms with E-state index in [1.54, 1.807) is 12.1 Å². The van der Waals surface area contributed by atoms with Crippen LogP contribution >= 0.6 is 0 Å². The zero-order valence-electron chi connectivity index (χ0n) is 11.5. The predicted octanol–water partition coefficient (Wildman–Crippen LogP) is 3.22. The molecule has 112 valence electrons. The lowest BCUT2D eigenvalue weighted by Crippen LogP contribution is -2.31. The summed E-state index contributed by atoms with van der Waals surface area (Å²) in [7, 11) is 0. The van der Waals surface area contributed by atoms with Crippen LogP contribution in [0.4, 0.5) is 13.2 Å². The first-order valence-corrected chi connectivity index (χ1v) is 6.54. The second kappa shape index (κ2) is 6.24. The van der Waals surface area contributed by atoms with E-state index in [9.17, 15) is 13.2 Å². The van der Waals surface area contributed by atoms with Crippen LogP contribution in [-0.2, 0) is 12.6 Å². The van der Waals surface area contributed by atoms with Crippen LogP contribution in [-0.4, -0.2) is 4.98 Å². The largest absolute Gasteiger partial charge is 0.416 e. The van der Waals surface area contributed by atoms with Crippen LogP contribution in [0.5, 0.6) is 0 Å². The number of benzene rings is 1. The van der Waals surface area contributed by atoms with Crippen LogP contribution in [0.3, 0.4) is 0 Å². The van der Waals surface area contributed by atoms with E-state index in [1.807, 2.05) is 19.1 Å². The number of aromatic nitrogens is 1. The van der Waals surface area contributed by atoms with E-state index in [4.69, 9.17) is 5.84 Å². The molecule has 1 unspecified atom stereocenters. The second-order valence-electron chi connectivity index (χ2n) is 4.61. The average molecular weight is 295 g/mol. The van der Waals surface area contributed by atoms with E-state index in [0.29, 0.717) is 6.42 Å². The van der Waals surface area contributed by atoms with Gasteiger partial charge >= 0.3 is 6.18 Å². The summed E-state index contributed by atoms with van der Waals surface area (Å²) in [6, 6.07) is 7.49. The smallest absolute Gasteiger partial charge is 0.271 e. The first-order valence-electron chi connectivity index (χ1n) is 6.54. The third kappa shape index (κ3) is 3.22. The van der Waals surface area contributed by atoms with Crippen molar-refractivity contribution in [2.24, 2.45) is 5.84 Å². The number of hydrazine groups is 1. The van der Waals surface area contributed by atoms with Crippen LogP contribution in [0.25, 0.3) is 0 Å². The lowest BCUT2D eigenvalue weighted by atomic mass is 9.92. The zero-order chi connectivity index (χ0) is 15.5. The SMILES string of the molecule is CCc1ccccc1C(NN)c1cnccc1C(F)(F)F. The minimum atomic E-state index is -4.45. The lowest BCUT2D eigenvalue weighted by Gasteiger charge is -2.23. The Morgan fingerprint density at radius 2 is 1.90 bits per heavy atom. The number of pyridine rings is 1. The van der Waals surface area contributed by atoms with E-state index in [-0.39, 0.29) is 5.56 Å². The second-order valence-corrected chi connectivity index (χ2v) is 4.61. The van der Waals surface area contributed by atoms with Gasteiger partial charge in [-0.3, -0.25) is 10.8 Å². The fourth-order valence-corrected chi connectivity index (χ4v) is 2.38. The molecule has 0 aliphatic heterocycles. The molecule has 0 fully saturated rings. The number of hydrogen-bond donors (Lipinski definition) is 2.